The molecule has 1 unspecified atom stereocenters. The number of hydrogen-bond donors (Lipinski definition) is 2. The zero-order valence-corrected chi connectivity index (χ0v) is 16.7. The van der Waals surface area contributed by atoms with Crippen molar-refractivity contribution in [2.75, 3.05) is 13.2 Å². The summed E-state index contributed by atoms with van der Waals surface area (Å²) in [6.07, 6.45) is 1.08. The number of hydrazine groups is 1. The Bertz CT molecular complexity index is 997. The largest absolute Gasteiger partial charge is 0.466 e. The quantitative estimate of drug-likeness (QED) is 0.453. The summed E-state index contributed by atoms with van der Waals surface area (Å²) >= 11 is 7.79. The van der Waals surface area contributed by atoms with Crippen molar-refractivity contribution in [1.82, 2.24) is 5.43 Å². The smallest absolute Gasteiger partial charge is 0.309 e. The molecule has 4 rings (SSSR count). The molecule has 0 fully saturated rings. The van der Waals surface area contributed by atoms with E-state index in [9.17, 15) is 9.18 Å². The van der Waals surface area contributed by atoms with Crippen molar-refractivity contribution in [3.63, 3.8) is 0 Å². The third-order valence-corrected chi connectivity index (χ3v) is 6.26. The Balaban J connectivity index is 1.84. The molecule has 0 spiro atoms. The summed E-state index contributed by atoms with van der Waals surface area (Å²) in [5.41, 5.74) is 4.90. The first-order chi connectivity index (χ1) is 13.5. The summed E-state index contributed by atoms with van der Waals surface area (Å²) in [5, 5.41) is 0.963. The van der Waals surface area contributed by atoms with Crippen LogP contribution in [-0.4, -0.2) is 30.7 Å². The fourth-order valence-corrected chi connectivity index (χ4v) is 5.12. The van der Waals surface area contributed by atoms with Crippen LogP contribution in [-0.2, 0) is 22.4 Å². The zero-order valence-electron chi connectivity index (χ0n) is 15.1. The van der Waals surface area contributed by atoms with Gasteiger partial charge in [-0.05, 0) is 37.5 Å². The maximum Gasteiger partial charge on any atom is 0.309 e. The van der Waals surface area contributed by atoms with Gasteiger partial charge < -0.3 is 10.2 Å². The van der Waals surface area contributed by atoms with Crippen molar-refractivity contribution in [3.8, 4) is 0 Å². The number of rotatable bonds is 3. The number of carbonyl (C=O) groups excluding carboxylic acids is 1. The van der Waals surface area contributed by atoms with Crippen LogP contribution in [0.4, 0.5) is 9.39 Å². The van der Waals surface area contributed by atoms with Crippen LogP contribution in [0, 0.1) is 11.7 Å². The van der Waals surface area contributed by atoms with E-state index in [1.54, 1.807) is 19.1 Å². The number of carbonyl (C=O) groups is 1. The van der Waals surface area contributed by atoms with E-state index in [1.165, 1.54) is 17.4 Å². The second-order valence-electron chi connectivity index (χ2n) is 6.51. The number of ether oxygens (including phenoxy) is 1. The van der Waals surface area contributed by atoms with Crippen LogP contribution in [0.2, 0.25) is 5.02 Å². The van der Waals surface area contributed by atoms with Gasteiger partial charge in [-0.25, -0.2) is 15.2 Å². The second kappa shape index (κ2) is 7.62. The van der Waals surface area contributed by atoms with Gasteiger partial charge in [-0.15, -0.1) is 11.3 Å². The lowest BCUT2D eigenvalue weighted by molar-refractivity contribution is -0.147. The molecule has 9 heteroatoms. The Kier molecular flexibility index (Phi) is 5.18. The van der Waals surface area contributed by atoms with Crippen LogP contribution in [0.15, 0.2) is 28.2 Å². The Morgan fingerprint density at radius 2 is 2.25 bits per heavy atom. The number of nitrogens with zero attached hydrogens (tertiary/aromatic N) is 2. The van der Waals surface area contributed by atoms with Gasteiger partial charge in [0.2, 0.25) is 0 Å². The second-order valence-corrected chi connectivity index (χ2v) is 8.00. The summed E-state index contributed by atoms with van der Waals surface area (Å²) in [4.78, 5) is 22.4. The molecule has 0 bridgehead atoms. The highest BCUT2D eigenvalue weighted by Crippen LogP contribution is 2.45. The van der Waals surface area contributed by atoms with E-state index in [-0.39, 0.29) is 29.0 Å². The van der Waals surface area contributed by atoms with Crippen molar-refractivity contribution in [2.24, 2.45) is 21.7 Å². The fraction of sp³-hybridized carbons (Fsp3) is 0.316. The molecule has 1 aromatic heterocycles. The molecule has 146 valence electrons. The number of thiophene rings is 1. The number of amidine groups is 1. The van der Waals surface area contributed by atoms with Crippen LogP contribution in [0.1, 0.15) is 28.5 Å². The van der Waals surface area contributed by atoms with Gasteiger partial charge in [0, 0.05) is 10.4 Å². The number of esters is 1. The number of nitrogens with one attached hydrogen (secondary N) is 1. The van der Waals surface area contributed by atoms with Crippen LogP contribution in [0.5, 0.6) is 0 Å². The number of benzene rings is 1. The van der Waals surface area contributed by atoms with Crippen molar-refractivity contribution < 1.29 is 13.9 Å². The highest BCUT2D eigenvalue weighted by atomic mass is 35.5. The first kappa shape index (κ1) is 19.0. The zero-order chi connectivity index (χ0) is 19.8. The van der Waals surface area contributed by atoms with Gasteiger partial charge in [-0.2, -0.15) is 0 Å². The first-order valence-electron chi connectivity index (χ1n) is 8.88. The molecular formula is C19H18ClFN4O2S. The lowest BCUT2D eigenvalue weighted by atomic mass is 9.97. The lowest BCUT2D eigenvalue weighted by Crippen LogP contribution is -2.32. The average molecular weight is 421 g/mol. The molecule has 2 heterocycles. The summed E-state index contributed by atoms with van der Waals surface area (Å²) < 4.78 is 19.9. The summed E-state index contributed by atoms with van der Waals surface area (Å²) in [5.74, 6) is 5.11. The molecule has 2 aliphatic rings. The molecule has 0 saturated carbocycles. The molecule has 0 amide bonds. The van der Waals surface area contributed by atoms with Gasteiger partial charge in [0.15, 0.2) is 0 Å². The lowest BCUT2D eigenvalue weighted by Gasteiger charge is -2.12. The molecular weight excluding hydrogens is 403 g/mol. The van der Waals surface area contributed by atoms with Gasteiger partial charge in [0.05, 0.1) is 35.4 Å². The predicted molar refractivity (Wildman–Crippen MR) is 108 cm³/mol. The number of hydrogen-bond acceptors (Lipinski definition) is 7. The minimum Gasteiger partial charge on any atom is -0.466 e. The molecule has 1 atom stereocenters. The summed E-state index contributed by atoms with van der Waals surface area (Å²) in [7, 11) is 0. The van der Waals surface area contributed by atoms with E-state index in [0.29, 0.717) is 36.0 Å². The van der Waals surface area contributed by atoms with Crippen molar-refractivity contribution in [1.29, 1.82) is 0 Å². The van der Waals surface area contributed by atoms with Crippen molar-refractivity contribution in [2.45, 2.75) is 19.8 Å². The maximum absolute atomic E-state index is 14.7. The van der Waals surface area contributed by atoms with Gasteiger partial charge in [0.1, 0.15) is 16.7 Å². The van der Waals surface area contributed by atoms with Gasteiger partial charge in [-0.1, -0.05) is 17.7 Å². The first-order valence-corrected chi connectivity index (χ1v) is 10.1. The highest BCUT2D eigenvalue weighted by molar-refractivity contribution is 7.16. The van der Waals surface area contributed by atoms with Crippen molar-refractivity contribution in [3.05, 3.63) is 50.6 Å². The van der Waals surface area contributed by atoms with Crippen LogP contribution in [0.3, 0.4) is 0 Å². The molecule has 3 N–H and O–H groups in total. The van der Waals surface area contributed by atoms with E-state index in [1.807, 2.05) is 0 Å². The van der Waals surface area contributed by atoms with Gasteiger partial charge in [0.25, 0.3) is 0 Å². The van der Waals surface area contributed by atoms with Crippen LogP contribution < -0.4 is 11.3 Å². The molecule has 6 nitrogen and oxygen atoms in total. The Hall–Kier alpha value is -2.29. The number of fused-ring (bicyclic) bond motifs is 3. The molecule has 0 radical (unpaired) electrons. The average Bonchev–Trinajstić information content (AvgIpc) is 3.15. The molecule has 1 aliphatic heterocycles. The Labute approximate surface area is 170 Å². The maximum atomic E-state index is 14.7. The normalized spacial score (nSPS) is 17.9. The van der Waals surface area contributed by atoms with E-state index < -0.39 is 5.82 Å². The summed E-state index contributed by atoms with van der Waals surface area (Å²) in [6.45, 7) is 2.30. The number of aliphatic imine (C=N–C) groups is 2. The molecule has 0 saturated heterocycles. The van der Waals surface area contributed by atoms with Crippen LogP contribution in [0.25, 0.3) is 0 Å². The van der Waals surface area contributed by atoms with Gasteiger partial charge >= 0.3 is 5.97 Å². The SMILES string of the molecule is CCOC(=O)C1Cc2sc3c(c2C1)C(c1c(F)cccc1Cl)=NCC(NN)=N3. The van der Waals surface area contributed by atoms with Crippen LogP contribution >= 0.6 is 22.9 Å². The molecule has 2 aromatic rings. The topological polar surface area (TPSA) is 89.1 Å². The third kappa shape index (κ3) is 3.21. The molecule has 28 heavy (non-hydrogen) atoms. The monoisotopic (exact) mass is 420 g/mol. The standard InChI is InChI=1S/C19H18ClFN4O2S/c1-2-27-19(26)9-6-10-13(7-9)28-18-15(10)17(23-8-14(24-18)25-22)16-11(20)4-3-5-12(16)21/h3-5,9H,2,6-8,22H2,1H3,(H,24,25). The number of halogens is 2. The van der Waals surface area contributed by atoms with E-state index in [2.05, 4.69) is 15.4 Å². The minimum absolute atomic E-state index is 0.175. The van der Waals surface area contributed by atoms with E-state index in [4.69, 9.17) is 22.2 Å². The Morgan fingerprint density at radius 1 is 1.43 bits per heavy atom. The van der Waals surface area contributed by atoms with E-state index in [0.717, 1.165) is 16.0 Å². The highest BCUT2D eigenvalue weighted by Gasteiger charge is 2.36. The molecule has 1 aliphatic carbocycles. The van der Waals surface area contributed by atoms with Crippen molar-refractivity contribution >= 4 is 45.5 Å². The van der Waals surface area contributed by atoms with Gasteiger partial charge in [-0.3, -0.25) is 9.79 Å². The Morgan fingerprint density at radius 3 is 2.96 bits per heavy atom. The number of nitrogens with two attached hydrogens (primary N) is 1. The predicted octanol–water partition coefficient (Wildman–Crippen LogP) is 3.16. The minimum atomic E-state index is -0.457. The third-order valence-electron chi connectivity index (χ3n) is 4.80. The molecule has 1 aromatic carbocycles. The fourth-order valence-electron chi connectivity index (χ4n) is 3.57. The summed E-state index contributed by atoms with van der Waals surface area (Å²) in [6, 6.07) is 4.53. The van der Waals surface area contributed by atoms with E-state index >= 15 is 0 Å².